The molecule has 20 heavy (non-hydrogen) atoms. The molecule has 0 fully saturated rings. The Bertz CT molecular complexity index is 632. The molecule has 0 atom stereocenters. The molecule has 6 nitrogen and oxygen atoms in total. The number of carbonyl (C=O) groups excluding carboxylic acids is 2. The van der Waals surface area contributed by atoms with Gasteiger partial charge in [-0.3, -0.25) is 9.45 Å². The predicted octanol–water partition coefficient (Wildman–Crippen LogP) is 2.75. The number of aromatic nitrogens is 1. The van der Waals surface area contributed by atoms with Crippen molar-refractivity contribution in [2.75, 3.05) is 13.2 Å². The van der Waals surface area contributed by atoms with Crippen molar-refractivity contribution in [1.29, 1.82) is 0 Å². The average molecular weight is 277 g/mol. The van der Waals surface area contributed by atoms with Gasteiger partial charge >= 0.3 is 12.1 Å². The van der Waals surface area contributed by atoms with Crippen molar-refractivity contribution in [2.24, 2.45) is 0 Å². The van der Waals surface area contributed by atoms with E-state index in [0.717, 1.165) is 0 Å². The molecule has 2 aromatic rings. The van der Waals surface area contributed by atoms with E-state index >= 15 is 0 Å². The van der Waals surface area contributed by atoms with Gasteiger partial charge in [-0.15, -0.1) is 0 Å². The summed E-state index contributed by atoms with van der Waals surface area (Å²) in [7, 11) is 0. The minimum absolute atomic E-state index is 0.269. The lowest BCUT2D eigenvalue weighted by Crippen LogP contribution is -2.12. The Labute approximate surface area is 115 Å². The molecule has 0 spiro atoms. The van der Waals surface area contributed by atoms with Gasteiger partial charge in [-0.25, -0.2) is 9.59 Å². The zero-order chi connectivity index (χ0) is 14.5. The molecule has 1 aromatic carbocycles. The van der Waals surface area contributed by atoms with Crippen LogP contribution in [0.25, 0.3) is 10.9 Å². The highest BCUT2D eigenvalue weighted by Crippen LogP contribution is 2.21. The SMILES string of the molecule is CCOOC(=O)c1cccc2c1ccn2C(=O)OCC. The van der Waals surface area contributed by atoms with Crippen LogP contribution in [0.2, 0.25) is 0 Å². The van der Waals surface area contributed by atoms with Gasteiger partial charge in [-0.05, 0) is 32.0 Å². The third kappa shape index (κ3) is 2.65. The lowest BCUT2D eigenvalue weighted by Gasteiger charge is -2.05. The van der Waals surface area contributed by atoms with Crippen LogP contribution in [-0.2, 0) is 14.5 Å². The topological polar surface area (TPSA) is 66.8 Å². The minimum atomic E-state index is -0.598. The minimum Gasteiger partial charge on any atom is -0.449 e. The van der Waals surface area contributed by atoms with Crippen LogP contribution in [0.1, 0.15) is 24.2 Å². The molecule has 0 N–H and O–H groups in total. The van der Waals surface area contributed by atoms with Gasteiger partial charge < -0.3 is 4.74 Å². The van der Waals surface area contributed by atoms with Gasteiger partial charge in [0.2, 0.25) is 0 Å². The Morgan fingerprint density at radius 2 is 1.95 bits per heavy atom. The summed E-state index contributed by atoms with van der Waals surface area (Å²) < 4.78 is 6.29. The first-order valence-electron chi connectivity index (χ1n) is 6.30. The molecule has 0 bridgehead atoms. The van der Waals surface area contributed by atoms with Crippen molar-refractivity contribution in [1.82, 2.24) is 4.57 Å². The maximum atomic E-state index is 11.8. The van der Waals surface area contributed by atoms with Crippen LogP contribution < -0.4 is 0 Å². The van der Waals surface area contributed by atoms with E-state index in [9.17, 15) is 9.59 Å². The Hall–Kier alpha value is -2.34. The van der Waals surface area contributed by atoms with Gasteiger partial charge in [0.05, 0.1) is 24.3 Å². The quantitative estimate of drug-likeness (QED) is 0.635. The summed E-state index contributed by atoms with van der Waals surface area (Å²) in [5.41, 5.74) is 0.911. The average Bonchev–Trinajstić information content (AvgIpc) is 2.88. The molecule has 6 heteroatoms. The molecular formula is C14H15NO5. The molecule has 0 amide bonds. The molecule has 106 valence electrons. The van der Waals surface area contributed by atoms with E-state index in [1.165, 1.54) is 4.57 Å². The van der Waals surface area contributed by atoms with Crippen LogP contribution in [0, 0.1) is 0 Å². The van der Waals surface area contributed by atoms with Gasteiger partial charge in [-0.2, -0.15) is 4.89 Å². The molecule has 0 aliphatic heterocycles. The molecule has 2 rings (SSSR count). The normalized spacial score (nSPS) is 10.5. The summed E-state index contributed by atoms with van der Waals surface area (Å²) in [4.78, 5) is 32.9. The fourth-order valence-electron chi connectivity index (χ4n) is 1.86. The molecule has 0 aliphatic carbocycles. The van der Waals surface area contributed by atoms with E-state index in [2.05, 4.69) is 9.78 Å². The summed E-state index contributed by atoms with van der Waals surface area (Å²) in [6, 6.07) is 6.66. The standard InChI is InChI=1S/C14H15NO5/c1-3-18-14(17)15-9-8-10-11(6-5-7-12(10)15)13(16)20-19-4-2/h5-9H,3-4H2,1-2H3. The summed E-state index contributed by atoms with van der Waals surface area (Å²) in [5, 5.41) is 0.602. The number of hydrogen-bond donors (Lipinski definition) is 0. The number of carbonyl (C=O) groups is 2. The maximum Gasteiger partial charge on any atom is 0.418 e. The number of rotatable bonds is 4. The number of benzene rings is 1. The maximum absolute atomic E-state index is 11.8. The number of fused-ring (bicyclic) bond motifs is 1. The van der Waals surface area contributed by atoms with Crippen molar-refractivity contribution >= 4 is 23.0 Å². The predicted molar refractivity (Wildman–Crippen MR) is 71.4 cm³/mol. The molecule has 1 aromatic heterocycles. The second-order valence-electron chi connectivity index (χ2n) is 3.90. The number of nitrogens with zero attached hydrogens (tertiary/aromatic N) is 1. The van der Waals surface area contributed by atoms with Gasteiger partial charge in [-0.1, -0.05) is 6.07 Å². The lowest BCUT2D eigenvalue weighted by atomic mass is 10.1. The van der Waals surface area contributed by atoms with Crippen molar-refractivity contribution in [3.05, 3.63) is 36.0 Å². The van der Waals surface area contributed by atoms with Crippen LogP contribution in [0.5, 0.6) is 0 Å². The molecule has 0 saturated heterocycles. The van der Waals surface area contributed by atoms with Crippen molar-refractivity contribution in [3.63, 3.8) is 0 Å². The smallest absolute Gasteiger partial charge is 0.418 e. The van der Waals surface area contributed by atoms with Crippen LogP contribution in [-0.4, -0.2) is 29.8 Å². The van der Waals surface area contributed by atoms with Crippen molar-refractivity contribution in [2.45, 2.75) is 13.8 Å². The van der Waals surface area contributed by atoms with E-state index in [4.69, 9.17) is 4.74 Å². The summed E-state index contributed by atoms with van der Waals surface area (Å²) in [6.07, 6.45) is 1.07. The third-order valence-electron chi connectivity index (χ3n) is 2.67. The summed E-state index contributed by atoms with van der Waals surface area (Å²) in [6.45, 7) is 4.00. The van der Waals surface area contributed by atoms with E-state index < -0.39 is 12.1 Å². The highest BCUT2D eigenvalue weighted by atomic mass is 17.2. The summed E-state index contributed by atoms with van der Waals surface area (Å²) >= 11 is 0. The van der Waals surface area contributed by atoms with Gasteiger partial charge in [0.15, 0.2) is 0 Å². The van der Waals surface area contributed by atoms with E-state index in [1.807, 2.05) is 0 Å². The number of hydrogen-bond acceptors (Lipinski definition) is 5. The van der Waals surface area contributed by atoms with Crippen molar-refractivity contribution < 1.29 is 24.1 Å². The van der Waals surface area contributed by atoms with Gasteiger partial charge in [0, 0.05) is 11.6 Å². The Kier molecular flexibility index (Phi) is 4.37. The monoisotopic (exact) mass is 277 g/mol. The molecular weight excluding hydrogens is 262 g/mol. The van der Waals surface area contributed by atoms with Crippen LogP contribution in [0.15, 0.2) is 30.5 Å². The molecule has 0 aliphatic rings. The number of ether oxygens (including phenoxy) is 1. The van der Waals surface area contributed by atoms with E-state index in [1.54, 1.807) is 44.3 Å². The van der Waals surface area contributed by atoms with E-state index in [-0.39, 0.29) is 13.2 Å². The highest BCUT2D eigenvalue weighted by molar-refractivity contribution is 6.05. The zero-order valence-corrected chi connectivity index (χ0v) is 11.3. The van der Waals surface area contributed by atoms with Gasteiger partial charge in [0.25, 0.3) is 0 Å². The zero-order valence-electron chi connectivity index (χ0n) is 11.3. The second-order valence-corrected chi connectivity index (χ2v) is 3.90. The summed E-state index contributed by atoms with van der Waals surface area (Å²) in [5.74, 6) is -0.598. The molecule has 1 heterocycles. The van der Waals surface area contributed by atoms with E-state index in [0.29, 0.717) is 16.5 Å². The highest BCUT2D eigenvalue weighted by Gasteiger charge is 2.16. The first-order chi connectivity index (χ1) is 9.69. The van der Waals surface area contributed by atoms with Crippen LogP contribution >= 0.6 is 0 Å². The first-order valence-corrected chi connectivity index (χ1v) is 6.30. The Morgan fingerprint density at radius 3 is 2.65 bits per heavy atom. The molecule has 0 radical (unpaired) electrons. The van der Waals surface area contributed by atoms with Crippen LogP contribution in [0.3, 0.4) is 0 Å². The Morgan fingerprint density at radius 1 is 1.15 bits per heavy atom. The Balaban J connectivity index is 2.39. The second kappa shape index (κ2) is 6.21. The fraction of sp³-hybridized carbons (Fsp3) is 0.286. The molecule has 0 saturated carbocycles. The lowest BCUT2D eigenvalue weighted by molar-refractivity contribution is -0.236. The van der Waals surface area contributed by atoms with Crippen LogP contribution in [0.4, 0.5) is 4.79 Å². The van der Waals surface area contributed by atoms with Gasteiger partial charge in [0.1, 0.15) is 0 Å². The third-order valence-corrected chi connectivity index (χ3v) is 2.67. The first kappa shape index (κ1) is 14.1. The van der Waals surface area contributed by atoms with Crippen molar-refractivity contribution in [3.8, 4) is 0 Å². The largest absolute Gasteiger partial charge is 0.449 e. The fourth-order valence-corrected chi connectivity index (χ4v) is 1.86. The molecule has 0 unspecified atom stereocenters.